The first-order valence-corrected chi connectivity index (χ1v) is 7.00. The molecule has 2 aliphatic rings. The molecular weight excluding hydrogens is 228 g/mol. The van der Waals surface area contributed by atoms with Gasteiger partial charge >= 0.3 is 0 Å². The third kappa shape index (κ3) is 2.29. The van der Waals surface area contributed by atoms with Crippen molar-refractivity contribution in [3.05, 3.63) is 12.2 Å². The van der Waals surface area contributed by atoms with Crippen molar-refractivity contribution in [2.24, 2.45) is 0 Å². The normalized spacial score (nSPS) is 26.2. The van der Waals surface area contributed by atoms with Crippen molar-refractivity contribution in [3.63, 3.8) is 0 Å². The topological polar surface area (TPSA) is 52.0 Å². The Hall–Kier alpha value is -0.940. The molecule has 5 heteroatoms. The van der Waals surface area contributed by atoms with Gasteiger partial charge in [0.2, 0.25) is 0 Å². The maximum Gasteiger partial charge on any atom is 0.140 e. The fourth-order valence-electron chi connectivity index (χ4n) is 3.34. The average Bonchev–Trinajstić information content (AvgIpc) is 3.06. The van der Waals surface area contributed by atoms with E-state index in [1.807, 2.05) is 11.7 Å². The van der Waals surface area contributed by atoms with Gasteiger partial charge in [0.05, 0.1) is 24.8 Å². The summed E-state index contributed by atoms with van der Waals surface area (Å²) in [5.41, 5.74) is 0.217. The molecule has 3 rings (SSSR count). The molecule has 1 N–H and O–H groups in total. The van der Waals surface area contributed by atoms with Crippen molar-refractivity contribution in [1.82, 2.24) is 20.1 Å². The molecule has 0 bridgehead atoms. The maximum atomic E-state index is 6.31. The summed E-state index contributed by atoms with van der Waals surface area (Å²) in [6.45, 7) is 1.61. The van der Waals surface area contributed by atoms with Crippen LogP contribution in [0.15, 0.2) is 6.33 Å². The molecule has 1 unspecified atom stereocenters. The van der Waals surface area contributed by atoms with Crippen LogP contribution in [0.3, 0.4) is 0 Å². The Kier molecular flexibility index (Phi) is 3.35. The van der Waals surface area contributed by atoms with Crippen LogP contribution in [0.2, 0.25) is 0 Å². The number of aromatic nitrogens is 3. The van der Waals surface area contributed by atoms with E-state index in [0.29, 0.717) is 6.10 Å². The summed E-state index contributed by atoms with van der Waals surface area (Å²) >= 11 is 0. The summed E-state index contributed by atoms with van der Waals surface area (Å²) in [5.74, 6) is 0.994. The second kappa shape index (κ2) is 4.97. The molecule has 1 aliphatic heterocycles. The van der Waals surface area contributed by atoms with Crippen LogP contribution in [-0.4, -0.2) is 33.5 Å². The quantitative estimate of drug-likeness (QED) is 0.879. The van der Waals surface area contributed by atoms with Gasteiger partial charge in [-0.2, -0.15) is 5.10 Å². The van der Waals surface area contributed by atoms with Gasteiger partial charge in [0, 0.05) is 0 Å². The van der Waals surface area contributed by atoms with Crippen LogP contribution >= 0.6 is 0 Å². The molecular formula is C13H22N4O. The highest BCUT2D eigenvalue weighted by molar-refractivity contribution is 4.93. The van der Waals surface area contributed by atoms with E-state index in [0.717, 1.165) is 18.9 Å². The fourth-order valence-corrected chi connectivity index (χ4v) is 3.34. The van der Waals surface area contributed by atoms with Crippen molar-refractivity contribution in [2.75, 3.05) is 7.05 Å². The molecule has 100 valence electrons. The first-order valence-electron chi connectivity index (χ1n) is 7.00. The molecule has 1 saturated carbocycles. The zero-order valence-corrected chi connectivity index (χ0v) is 11.1. The minimum Gasteiger partial charge on any atom is -0.370 e. The lowest BCUT2D eigenvalue weighted by molar-refractivity contribution is -0.0432. The lowest BCUT2D eigenvalue weighted by atomic mass is 9.98. The van der Waals surface area contributed by atoms with Crippen LogP contribution in [0.25, 0.3) is 0 Å². The van der Waals surface area contributed by atoms with E-state index in [1.54, 1.807) is 6.33 Å². The van der Waals surface area contributed by atoms with Crippen LogP contribution in [0.4, 0.5) is 0 Å². The molecule has 2 heterocycles. The second-order valence-electron chi connectivity index (χ2n) is 5.56. The minimum absolute atomic E-state index is 0.217. The lowest BCUT2D eigenvalue weighted by Gasteiger charge is -2.23. The molecule has 1 aromatic heterocycles. The Morgan fingerprint density at radius 3 is 3.06 bits per heavy atom. The molecule has 2 fully saturated rings. The summed E-state index contributed by atoms with van der Waals surface area (Å²) in [7, 11) is 1.93. The third-order valence-corrected chi connectivity index (χ3v) is 4.26. The van der Waals surface area contributed by atoms with Gasteiger partial charge in [-0.05, 0) is 32.7 Å². The van der Waals surface area contributed by atoms with Crippen molar-refractivity contribution in [2.45, 2.75) is 63.3 Å². The number of rotatable bonds is 4. The van der Waals surface area contributed by atoms with E-state index >= 15 is 0 Å². The van der Waals surface area contributed by atoms with E-state index < -0.39 is 0 Å². The van der Waals surface area contributed by atoms with Crippen molar-refractivity contribution in [3.8, 4) is 0 Å². The van der Waals surface area contributed by atoms with Gasteiger partial charge in [-0.25, -0.2) is 9.67 Å². The number of nitrogens with zero attached hydrogens (tertiary/aromatic N) is 3. The molecule has 1 saturated heterocycles. The van der Waals surface area contributed by atoms with Crippen LogP contribution in [0.1, 0.15) is 44.3 Å². The molecule has 1 aromatic rings. The molecule has 1 spiro atoms. The monoisotopic (exact) mass is 250 g/mol. The van der Waals surface area contributed by atoms with Gasteiger partial charge in [0.25, 0.3) is 0 Å². The third-order valence-electron chi connectivity index (χ3n) is 4.26. The SMILES string of the molecule is CNCc1ncnn1CC1CCC2(CCCC2)O1. The largest absolute Gasteiger partial charge is 0.370 e. The predicted octanol–water partition coefficient (Wildman–Crippen LogP) is 1.49. The van der Waals surface area contributed by atoms with Crippen LogP contribution in [0.5, 0.6) is 0 Å². The van der Waals surface area contributed by atoms with Crippen LogP contribution in [-0.2, 0) is 17.8 Å². The Morgan fingerprint density at radius 2 is 2.28 bits per heavy atom. The lowest BCUT2D eigenvalue weighted by Crippen LogP contribution is -2.27. The van der Waals surface area contributed by atoms with E-state index in [4.69, 9.17) is 4.74 Å². The van der Waals surface area contributed by atoms with Gasteiger partial charge < -0.3 is 10.1 Å². The molecule has 1 atom stereocenters. The maximum absolute atomic E-state index is 6.31. The Balaban J connectivity index is 1.62. The van der Waals surface area contributed by atoms with Crippen molar-refractivity contribution >= 4 is 0 Å². The zero-order chi connectivity index (χ0) is 12.4. The van der Waals surface area contributed by atoms with Gasteiger partial charge in [0.1, 0.15) is 12.2 Å². The number of hydrogen-bond donors (Lipinski definition) is 1. The second-order valence-corrected chi connectivity index (χ2v) is 5.56. The van der Waals surface area contributed by atoms with E-state index in [-0.39, 0.29) is 5.60 Å². The first kappa shape index (κ1) is 12.1. The molecule has 0 aromatic carbocycles. The smallest absolute Gasteiger partial charge is 0.140 e. The summed E-state index contributed by atoms with van der Waals surface area (Å²) in [5, 5.41) is 7.42. The highest BCUT2D eigenvalue weighted by Crippen LogP contribution is 2.43. The van der Waals surface area contributed by atoms with E-state index in [2.05, 4.69) is 15.4 Å². The fraction of sp³-hybridized carbons (Fsp3) is 0.846. The Morgan fingerprint density at radius 1 is 1.44 bits per heavy atom. The molecule has 18 heavy (non-hydrogen) atoms. The van der Waals surface area contributed by atoms with Gasteiger partial charge in [-0.15, -0.1) is 0 Å². The summed E-state index contributed by atoms with van der Waals surface area (Å²) < 4.78 is 8.29. The van der Waals surface area contributed by atoms with E-state index in [9.17, 15) is 0 Å². The highest BCUT2D eigenvalue weighted by atomic mass is 16.5. The first-order chi connectivity index (χ1) is 8.81. The number of ether oxygens (including phenoxy) is 1. The highest BCUT2D eigenvalue weighted by Gasteiger charge is 2.42. The standard InChI is InChI=1S/C13H22N4O/c1-14-8-12-15-10-16-17(12)9-11-4-7-13(18-11)5-2-3-6-13/h10-11,14H,2-9H2,1H3. The summed E-state index contributed by atoms with van der Waals surface area (Å²) in [4.78, 5) is 4.27. The molecule has 0 radical (unpaired) electrons. The predicted molar refractivity (Wildman–Crippen MR) is 68.1 cm³/mol. The van der Waals surface area contributed by atoms with Crippen LogP contribution < -0.4 is 5.32 Å². The van der Waals surface area contributed by atoms with Crippen molar-refractivity contribution < 1.29 is 4.74 Å². The summed E-state index contributed by atoms with van der Waals surface area (Å²) in [6, 6.07) is 0. The van der Waals surface area contributed by atoms with Gasteiger partial charge in [-0.3, -0.25) is 0 Å². The molecule has 5 nitrogen and oxygen atoms in total. The minimum atomic E-state index is 0.217. The average molecular weight is 250 g/mol. The number of nitrogens with one attached hydrogen (secondary N) is 1. The van der Waals surface area contributed by atoms with E-state index in [1.165, 1.54) is 38.5 Å². The zero-order valence-electron chi connectivity index (χ0n) is 11.1. The number of hydrogen-bond acceptors (Lipinski definition) is 4. The van der Waals surface area contributed by atoms with Gasteiger partial charge in [-0.1, -0.05) is 12.8 Å². The van der Waals surface area contributed by atoms with Crippen LogP contribution in [0, 0.1) is 0 Å². The van der Waals surface area contributed by atoms with Crippen molar-refractivity contribution in [1.29, 1.82) is 0 Å². The Labute approximate surface area is 108 Å². The summed E-state index contributed by atoms with van der Waals surface area (Å²) in [6.07, 6.45) is 9.52. The van der Waals surface area contributed by atoms with Gasteiger partial charge in [0.15, 0.2) is 0 Å². The molecule has 0 amide bonds. The molecule has 1 aliphatic carbocycles. The Bertz CT molecular complexity index is 397.